The Morgan fingerprint density at radius 3 is 2.18 bits per heavy atom. The Balaban J connectivity index is 1.76. The number of hydrogen-bond acceptors (Lipinski definition) is 3. The average Bonchev–Trinajstić information content (AvgIpc) is 3.28. The van der Waals surface area contributed by atoms with Gasteiger partial charge < -0.3 is 9.32 Å². The second kappa shape index (κ2) is 7.44. The number of hydrogen-bond donors (Lipinski definition) is 0. The molecule has 0 spiro atoms. The standard InChI is InChI=1S/C23H22FN3O/c1-16-12-13-28-23(16)22-19(15-26(2)3)14-25-27(22)21-10-6-18(7-11-21)17-4-8-20(24)9-5-17/h4-14H,15H2,1-3H3. The van der Waals surface area contributed by atoms with Crippen LogP contribution in [-0.2, 0) is 6.54 Å². The lowest BCUT2D eigenvalue weighted by molar-refractivity contribution is 0.402. The molecule has 4 nitrogen and oxygen atoms in total. The molecule has 0 fully saturated rings. The Kier molecular flexibility index (Phi) is 4.84. The minimum Gasteiger partial charge on any atom is -0.462 e. The highest BCUT2D eigenvalue weighted by Gasteiger charge is 2.19. The van der Waals surface area contributed by atoms with Gasteiger partial charge in [0.1, 0.15) is 11.5 Å². The molecule has 0 aliphatic heterocycles. The maximum atomic E-state index is 13.2. The van der Waals surface area contributed by atoms with Crippen LogP contribution in [0.4, 0.5) is 4.39 Å². The maximum absolute atomic E-state index is 13.2. The molecule has 2 heterocycles. The topological polar surface area (TPSA) is 34.2 Å². The lowest BCUT2D eigenvalue weighted by atomic mass is 10.1. The van der Waals surface area contributed by atoms with Gasteiger partial charge in [-0.2, -0.15) is 5.10 Å². The Morgan fingerprint density at radius 1 is 0.964 bits per heavy atom. The molecule has 0 atom stereocenters. The first-order chi connectivity index (χ1) is 13.5. The predicted octanol–water partition coefficient (Wildman–Crippen LogP) is 5.31. The smallest absolute Gasteiger partial charge is 0.155 e. The van der Waals surface area contributed by atoms with Crippen molar-refractivity contribution < 1.29 is 8.81 Å². The molecule has 0 unspecified atom stereocenters. The molecule has 0 saturated heterocycles. The molecule has 0 bridgehead atoms. The first-order valence-corrected chi connectivity index (χ1v) is 9.15. The summed E-state index contributed by atoms with van der Waals surface area (Å²) in [7, 11) is 4.07. The van der Waals surface area contributed by atoms with Crippen molar-refractivity contribution in [2.75, 3.05) is 14.1 Å². The molecule has 5 heteroatoms. The van der Waals surface area contributed by atoms with Gasteiger partial charge in [0.05, 0.1) is 18.1 Å². The highest BCUT2D eigenvalue weighted by molar-refractivity contribution is 5.67. The van der Waals surface area contributed by atoms with Gasteiger partial charge in [0.15, 0.2) is 5.76 Å². The third-order valence-electron chi connectivity index (χ3n) is 4.70. The van der Waals surface area contributed by atoms with Crippen LogP contribution in [0.1, 0.15) is 11.1 Å². The van der Waals surface area contributed by atoms with Crippen LogP contribution in [-0.4, -0.2) is 28.8 Å². The summed E-state index contributed by atoms with van der Waals surface area (Å²) in [5, 5.41) is 4.63. The van der Waals surface area contributed by atoms with E-state index in [0.29, 0.717) is 0 Å². The molecule has 0 N–H and O–H groups in total. The van der Waals surface area contributed by atoms with Crippen LogP contribution in [0.25, 0.3) is 28.3 Å². The third-order valence-corrected chi connectivity index (χ3v) is 4.70. The highest BCUT2D eigenvalue weighted by atomic mass is 19.1. The normalized spacial score (nSPS) is 11.3. The zero-order valence-corrected chi connectivity index (χ0v) is 16.2. The van der Waals surface area contributed by atoms with E-state index in [4.69, 9.17) is 4.42 Å². The Bertz CT molecular complexity index is 1080. The molecule has 0 radical (unpaired) electrons. The molecule has 2 aromatic heterocycles. The monoisotopic (exact) mass is 375 g/mol. The molecule has 142 valence electrons. The van der Waals surface area contributed by atoms with Gasteiger partial charge in [-0.05, 0) is 68.0 Å². The molecule has 4 aromatic rings. The minimum atomic E-state index is -0.233. The molecular weight excluding hydrogens is 353 g/mol. The second-order valence-corrected chi connectivity index (χ2v) is 7.15. The molecule has 0 saturated carbocycles. The van der Waals surface area contributed by atoms with Gasteiger partial charge in [0, 0.05) is 12.1 Å². The van der Waals surface area contributed by atoms with Crippen molar-refractivity contribution in [1.82, 2.24) is 14.7 Å². The summed E-state index contributed by atoms with van der Waals surface area (Å²) in [6.45, 7) is 2.80. The SMILES string of the molecule is Cc1ccoc1-c1c(CN(C)C)cnn1-c1ccc(-c2ccc(F)cc2)cc1. The van der Waals surface area contributed by atoms with Crippen molar-refractivity contribution in [2.24, 2.45) is 0 Å². The number of aromatic nitrogens is 2. The van der Waals surface area contributed by atoms with Gasteiger partial charge >= 0.3 is 0 Å². The lowest BCUT2D eigenvalue weighted by Crippen LogP contribution is -2.11. The zero-order chi connectivity index (χ0) is 19.7. The Hall–Kier alpha value is -3.18. The van der Waals surface area contributed by atoms with E-state index in [1.165, 1.54) is 12.1 Å². The van der Waals surface area contributed by atoms with Crippen LogP contribution in [0.2, 0.25) is 0 Å². The summed E-state index contributed by atoms with van der Waals surface area (Å²) in [5.41, 5.74) is 6.09. The summed E-state index contributed by atoms with van der Waals surface area (Å²) in [6, 6.07) is 16.6. The Labute approximate surface area is 163 Å². The lowest BCUT2D eigenvalue weighted by Gasteiger charge is -2.12. The number of benzene rings is 2. The van der Waals surface area contributed by atoms with Crippen LogP contribution >= 0.6 is 0 Å². The van der Waals surface area contributed by atoms with E-state index in [-0.39, 0.29) is 5.82 Å². The summed E-state index contributed by atoms with van der Waals surface area (Å²) in [6.07, 6.45) is 3.60. The van der Waals surface area contributed by atoms with Crippen molar-refractivity contribution >= 4 is 0 Å². The van der Waals surface area contributed by atoms with E-state index >= 15 is 0 Å². The van der Waals surface area contributed by atoms with E-state index in [1.54, 1.807) is 18.4 Å². The molecule has 0 amide bonds. The van der Waals surface area contributed by atoms with Crippen molar-refractivity contribution in [2.45, 2.75) is 13.5 Å². The van der Waals surface area contributed by atoms with Gasteiger partial charge in [-0.15, -0.1) is 0 Å². The number of nitrogens with zero attached hydrogens (tertiary/aromatic N) is 3. The quantitative estimate of drug-likeness (QED) is 0.474. The average molecular weight is 375 g/mol. The molecule has 2 aromatic carbocycles. The van der Waals surface area contributed by atoms with Crippen LogP contribution in [0.5, 0.6) is 0 Å². The van der Waals surface area contributed by atoms with Gasteiger partial charge in [-0.1, -0.05) is 24.3 Å². The Morgan fingerprint density at radius 2 is 1.61 bits per heavy atom. The van der Waals surface area contributed by atoms with E-state index in [0.717, 1.165) is 45.9 Å². The van der Waals surface area contributed by atoms with Crippen molar-refractivity contribution in [3.8, 4) is 28.3 Å². The van der Waals surface area contributed by atoms with Crippen molar-refractivity contribution in [3.63, 3.8) is 0 Å². The first-order valence-electron chi connectivity index (χ1n) is 9.15. The largest absolute Gasteiger partial charge is 0.462 e. The van der Waals surface area contributed by atoms with Crippen LogP contribution in [0.15, 0.2) is 71.5 Å². The number of aryl methyl sites for hydroxylation is 1. The van der Waals surface area contributed by atoms with Gasteiger partial charge in [0.2, 0.25) is 0 Å². The fourth-order valence-corrected chi connectivity index (χ4v) is 3.33. The zero-order valence-electron chi connectivity index (χ0n) is 16.2. The van der Waals surface area contributed by atoms with E-state index in [2.05, 4.69) is 10.00 Å². The minimum absolute atomic E-state index is 0.233. The highest BCUT2D eigenvalue weighted by Crippen LogP contribution is 2.31. The predicted molar refractivity (Wildman–Crippen MR) is 109 cm³/mol. The van der Waals surface area contributed by atoms with E-state index in [1.807, 2.05) is 62.2 Å². The molecule has 0 aliphatic rings. The van der Waals surface area contributed by atoms with Crippen LogP contribution < -0.4 is 0 Å². The molecule has 28 heavy (non-hydrogen) atoms. The summed E-state index contributed by atoms with van der Waals surface area (Å²) in [5.74, 6) is 0.598. The number of furan rings is 1. The number of halogens is 1. The van der Waals surface area contributed by atoms with Crippen molar-refractivity contribution in [3.05, 3.63) is 84.0 Å². The second-order valence-electron chi connectivity index (χ2n) is 7.15. The molecular formula is C23H22FN3O. The van der Waals surface area contributed by atoms with Crippen molar-refractivity contribution in [1.29, 1.82) is 0 Å². The van der Waals surface area contributed by atoms with E-state index in [9.17, 15) is 4.39 Å². The van der Waals surface area contributed by atoms with Crippen LogP contribution in [0, 0.1) is 12.7 Å². The fourth-order valence-electron chi connectivity index (χ4n) is 3.33. The van der Waals surface area contributed by atoms with Gasteiger partial charge in [-0.3, -0.25) is 0 Å². The van der Waals surface area contributed by atoms with Gasteiger partial charge in [0.25, 0.3) is 0 Å². The summed E-state index contributed by atoms with van der Waals surface area (Å²) >= 11 is 0. The maximum Gasteiger partial charge on any atom is 0.155 e. The summed E-state index contributed by atoms with van der Waals surface area (Å²) in [4.78, 5) is 2.11. The van der Waals surface area contributed by atoms with Crippen LogP contribution in [0.3, 0.4) is 0 Å². The number of rotatable bonds is 5. The fraction of sp³-hybridized carbons (Fsp3) is 0.174. The van der Waals surface area contributed by atoms with Gasteiger partial charge in [-0.25, -0.2) is 9.07 Å². The summed E-state index contributed by atoms with van der Waals surface area (Å²) < 4.78 is 20.9. The first kappa shape index (κ1) is 18.2. The molecule has 0 aliphatic carbocycles. The molecule has 4 rings (SSSR count). The third kappa shape index (κ3) is 3.49. The van der Waals surface area contributed by atoms with E-state index < -0.39 is 0 Å².